The fourth-order valence-corrected chi connectivity index (χ4v) is 5.15. The second kappa shape index (κ2) is 10.3. The highest BCUT2D eigenvalue weighted by Crippen LogP contribution is 2.40. The number of halogens is 1. The van der Waals surface area contributed by atoms with E-state index in [-0.39, 0.29) is 36.7 Å². The van der Waals surface area contributed by atoms with Crippen LogP contribution in [-0.2, 0) is 9.59 Å². The van der Waals surface area contributed by atoms with E-state index in [0.717, 1.165) is 30.2 Å². The fourth-order valence-electron chi connectivity index (χ4n) is 4.89. The summed E-state index contributed by atoms with van der Waals surface area (Å²) in [5.41, 5.74) is 1.33. The van der Waals surface area contributed by atoms with Crippen molar-refractivity contribution < 1.29 is 14.4 Å². The molecule has 1 saturated carbocycles. The van der Waals surface area contributed by atoms with Crippen LogP contribution in [-0.4, -0.2) is 41.2 Å². The molecule has 0 bridgehead atoms. The summed E-state index contributed by atoms with van der Waals surface area (Å²) in [6.45, 7) is 0.237. The molecule has 1 aliphatic carbocycles. The Morgan fingerprint density at radius 2 is 1.69 bits per heavy atom. The molecule has 0 spiro atoms. The van der Waals surface area contributed by atoms with Gasteiger partial charge in [0.2, 0.25) is 11.8 Å². The first-order chi connectivity index (χ1) is 15.5. The van der Waals surface area contributed by atoms with Crippen molar-refractivity contribution in [1.29, 1.82) is 0 Å². The van der Waals surface area contributed by atoms with Crippen molar-refractivity contribution in [1.82, 2.24) is 10.2 Å². The first-order valence-corrected chi connectivity index (χ1v) is 12.0. The highest BCUT2D eigenvalue weighted by molar-refractivity contribution is 9.10. The minimum Gasteiger partial charge on any atom is -0.354 e. The Kier molecular flexibility index (Phi) is 7.25. The number of nitrogens with one attached hydrogen (secondary N) is 2. The quantitative estimate of drug-likeness (QED) is 0.621. The van der Waals surface area contributed by atoms with Crippen LogP contribution in [0.4, 0.5) is 5.69 Å². The maximum absolute atomic E-state index is 13.3. The van der Waals surface area contributed by atoms with Crippen molar-refractivity contribution in [2.24, 2.45) is 5.92 Å². The molecule has 3 atom stereocenters. The summed E-state index contributed by atoms with van der Waals surface area (Å²) in [6, 6.07) is 16.2. The lowest BCUT2D eigenvalue weighted by Crippen LogP contribution is -2.49. The Labute approximate surface area is 196 Å². The Morgan fingerprint density at radius 1 is 0.969 bits per heavy atom. The number of hydrogen-bond acceptors (Lipinski definition) is 3. The molecular weight excluding hydrogens is 470 g/mol. The number of benzene rings is 2. The van der Waals surface area contributed by atoms with Gasteiger partial charge in [-0.1, -0.05) is 47.0 Å². The molecule has 32 heavy (non-hydrogen) atoms. The predicted octanol–water partition coefficient (Wildman–Crippen LogP) is 4.37. The molecule has 7 heteroatoms. The molecule has 6 nitrogen and oxygen atoms in total. The Bertz CT molecular complexity index is 964. The third kappa shape index (κ3) is 5.21. The first kappa shape index (κ1) is 22.5. The highest BCUT2D eigenvalue weighted by atomic mass is 79.9. The Balaban J connectivity index is 1.37. The van der Waals surface area contributed by atoms with Gasteiger partial charge in [0.25, 0.3) is 5.91 Å². The van der Waals surface area contributed by atoms with Gasteiger partial charge < -0.3 is 15.5 Å². The van der Waals surface area contributed by atoms with Crippen LogP contribution >= 0.6 is 15.9 Å². The number of amides is 3. The average molecular weight is 498 g/mol. The molecule has 2 aromatic carbocycles. The zero-order valence-corrected chi connectivity index (χ0v) is 19.5. The SMILES string of the molecule is O=C(CCNC(=O)C1CC2CCCCC2N1C(=O)c1ccccc1)Nc1ccc(Br)cc1. The Morgan fingerprint density at radius 3 is 2.44 bits per heavy atom. The molecule has 2 fully saturated rings. The summed E-state index contributed by atoms with van der Waals surface area (Å²) in [6.07, 6.45) is 5.11. The van der Waals surface area contributed by atoms with E-state index in [4.69, 9.17) is 0 Å². The number of rotatable bonds is 6. The zero-order chi connectivity index (χ0) is 22.5. The summed E-state index contributed by atoms with van der Waals surface area (Å²) < 4.78 is 0.939. The summed E-state index contributed by atoms with van der Waals surface area (Å²) in [5, 5.41) is 5.72. The van der Waals surface area contributed by atoms with Gasteiger partial charge in [-0.3, -0.25) is 14.4 Å². The van der Waals surface area contributed by atoms with Gasteiger partial charge in [0, 0.05) is 34.7 Å². The normalized spacial score (nSPS) is 22.2. The summed E-state index contributed by atoms with van der Waals surface area (Å²) in [5.74, 6) is -0.0361. The minimum atomic E-state index is -0.481. The third-order valence-corrected chi connectivity index (χ3v) is 6.95. The lowest BCUT2D eigenvalue weighted by Gasteiger charge is -2.33. The monoisotopic (exact) mass is 497 g/mol. The van der Waals surface area contributed by atoms with Crippen molar-refractivity contribution in [2.45, 2.75) is 50.6 Å². The van der Waals surface area contributed by atoms with Crippen LogP contribution in [0, 0.1) is 5.92 Å². The molecular formula is C25H28BrN3O3. The van der Waals surface area contributed by atoms with Crippen molar-refractivity contribution in [3.8, 4) is 0 Å². The van der Waals surface area contributed by atoms with E-state index in [9.17, 15) is 14.4 Å². The molecule has 0 radical (unpaired) electrons. The maximum Gasteiger partial charge on any atom is 0.254 e. The van der Waals surface area contributed by atoms with E-state index in [2.05, 4.69) is 26.6 Å². The second-order valence-corrected chi connectivity index (χ2v) is 9.45. The van der Waals surface area contributed by atoms with Gasteiger partial charge in [-0.2, -0.15) is 0 Å². The van der Waals surface area contributed by atoms with Crippen LogP contribution in [0.5, 0.6) is 0 Å². The van der Waals surface area contributed by atoms with Crippen LogP contribution in [0.2, 0.25) is 0 Å². The van der Waals surface area contributed by atoms with Crippen molar-refractivity contribution in [2.75, 3.05) is 11.9 Å². The van der Waals surface area contributed by atoms with Gasteiger partial charge in [0.15, 0.2) is 0 Å². The molecule has 0 aromatic heterocycles. The summed E-state index contributed by atoms with van der Waals surface area (Å²) >= 11 is 3.37. The molecule has 1 saturated heterocycles. The number of carbonyl (C=O) groups is 3. The van der Waals surface area contributed by atoms with Gasteiger partial charge in [0.05, 0.1) is 0 Å². The van der Waals surface area contributed by atoms with Crippen molar-refractivity contribution in [3.63, 3.8) is 0 Å². The van der Waals surface area contributed by atoms with E-state index < -0.39 is 6.04 Å². The summed E-state index contributed by atoms with van der Waals surface area (Å²) in [4.78, 5) is 40.4. The number of nitrogens with zero attached hydrogens (tertiary/aromatic N) is 1. The standard InChI is InChI=1S/C25H28BrN3O3/c26-19-10-12-20(13-11-19)28-23(30)14-15-27-24(31)22-16-18-8-4-5-9-21(18)29(22)25(32)17-6-2-1-3-7-17/h1-3,6-7,10-13,18,21-22H,4-5,8-9,14-16H2,(H,27,31)(H,28,30). The molecule has 2 N–H and O–H groups in total. The summed E-state index contributed by atoms with van der Waals surface area (Å²) in [7, 11) is 0. The number of carbonyl (C=O) groups excluding carboxylic acids is 3. The molecule has 168 valence electrons. The number of hydrogen-bond donors (Lipinski definition) is 2. The van der Waals surface area contributed by atoms with Crippen LogP contribution in [0.25, 0.3) is 0 Å². The number of fused-ring (bicyclic) bond motifs is 1. The number of anilines is 1. The van der Waals surface area contributed by atoms with Gasteiger partial charge in [-0.05, 0) is 61.6 Å². The molecule has 1 heterocycles. The van der Waals surface area contributed by atoms with Gasteiger partial charge >= 0.3 is 0 Å². The maximum atomic E-state index is 13.3. The zero-order valence-electron chi connectivity index (χ0n) is 17.9. The van der Waals surface area contributed by atoms with Gasteiger partial charge in [0.1, 0.15) is 6.04 Å². The fraction of sp³-hybridized carbons (Fsp3) is 0.400. The highest BCUT2D eigenvalue weighted by Gasteiger charge is 2.47. The largest absolute Gasteiger partial charge is 0.354 e. The van der Waals surface area contributed by atoms with Crippen molar-refractivity contribution in [3.05, 3.63) is 64.6 Å². The molecule has 1 aliphatic heterocycles. The predicted molar refractivity (Wildman–Crippen MR) is 127 cm³/mol. The van der Waals surface area contributed by atoms with E-state index in [1.54, 1.807) is 12.1 Å². The Hall–Kier alpha value is -2.67. The van der Waals surface area contributed by atoms with E-state index in [0.29, 0.717) is 23.6 Å². The lowest BCUT2D eigenvalue weighted by molar-refractivity contribution is -0.125. The van der Waals surface area contributed by atoms with Crippen LogP contribution in [0.3, 0.4) is 0 Å². The van der Waals surface area contributed by atoms with Crippen LogP contribution in [0.15, 0.2) is 59.1 Å². The average Bonchev–Trinajstić information content (AvgIpc) is 3.20. The van der Waals surface area contributed by atoms with E-state index in [1.165, 1.54) is 0 Å². The smallest absolute Gasteiger partial charge is 0.254 e. The lowest BCUT2D eigenvalue weighted by atomic mass is 9.84. The molecule has 2 aromatic rings. The third-order valence-electron chi connectivity index (χ3n) is 6.43. The molecule has 2 aliphatic rings. The minimum absolute atomic E-state index is 0.0758. The second-order valence-electron chi connectivity index (χ2n) is 8.54. The van der Waals surface area contributed by atoms with Gasteiger partial charge in [-0.25, -0.2) is 0 Å². The topological polar surface area (TPSA) is 78.5 Å². The van der Waals surface area contributed by atoms with E-state index >= 15 is 0 Å². The van der Waals surface area contributed by atoms with Crippen molar-refractivity contribution >= 4 is 39.3 Å². The number of likely N-dealkylation sites (tertiary alicyclic amines) is 1. The van der Waals surface area contributed by atoms with Gasteiger partial charge in [-0.15, -0.1) is 0 Å². The first-order valence-electron chi connectivity index (χ1n) is 11.2. The van der Waals surface area contributed by atoms with Crippen LogP contribution in [0.1, 0.15) is 48.9 Å². The molecule has 4 rings (SSSR count). The van der Waals surface area contributed by atoms with Crippen LogP contribution < -0.4 is 10.6 Å². The van der Waals surface area contributed by atoms with E-state index in [1.807, 2.05) is 47.4 Å². The molecule has 3 unspecified atom stereocenters. The molecule has 3 amide bonds.